The van der Waals surface area contributed by atoms with Gasteiger partial charge in [0.2, 0.25) is 0 Å². The summed E-state index contributed by atoms with van der Waals surface area (Å²) < 4.78 is 10.2. The van der Waals surface area contributed by atoms with Crippen LogP contribution in [0, 0.1) is 16.0 Å². The van der Waals surface area contributed by atoms with E-state index in [0.29, 0.717) is 5.69 Å². The molecule has 0 bridgehead atoms. The molecule has 2 rings (SSSR count). The number of nitrogens with one attached hydrogen (secondary N) is 1. The number of aromatic nitrogens is 1. The molecule has 9 nitrogen and oxygen atoms in total. The van der Waals surface area contributed by atoms with Crippen molar-refractivity contribution >= 4 is 17.7 Å². The Labute approximate surface area is 155 Å². The molecule has 0 fully saturated rings. The minimum absolute atomic E-state index is 0.0328. The molecule has 142 valence electrons. The van der Waals surface area contributed by atoms with Gasteiger partial charge in [-0.2, -0.15) is 0 Å². The number of nitro benzene ring substituents is 1. The lowest BCUT2D eigenvalue weighted by Crippen LogP contribution is -2.46. The summed E-state index contributed by atoms with van der Waals surface area (Å²) in [5, 5.41) is 13.1. The summed E-state index contributed by atoms with van der Waals surface area (Å²) in [7, 11) is 0. The lowest BCUT2D eigenvalue weighted by atomic mass is 10.1. The Morgan fingerprint density at radius 2 is 1.89 bits per heavy atom. The van der Waals surface area contributed by atoms with Crippen LogP contribution in [-0.2, 0) is 16.1 Å². The standard InChI is InChI=1S/C18H19N3O6/c1-12(2)16(20-18(23)26-11-13-5-3-4-10-19-13)17(22)27-15-8-6-14(7-9-15)21(24)25/h3-10,12,16H,11H2,1-2H3,(H,20,23)/t16-/m0/s1. The number of nitro groups is 1. The Bertz CT molecular complexity index is 793. The SMILES string of the molecule is CC(C)[C@H](NC(=O)OCc1ccccn1)C(=O)Oc1ccc([N+](=O)[O-])cc1. The van der Waals surface area contributed by atoms with E-state index >= 15 is 0 Å². The number of non-ortho nitro benzene ring substituents is 1. The molecule has 1 atom stereocenters. The van der Waals surface area contributed by atoms with Gasteiger partial charge in [-0.25, -0.2) is 9.59 Å². The van der Waals surface area contributed by atoms with Crippen LogP contribution in [-0.4, -0.2) is 28.0 Å². The van der Waals surface area contributed by atoms with Crippen LogP contribution in [0.3, 0.4) is 0 Å². The molecule has 0 aliphatic heterocycles. The molecule has 0 aliphatic carbocycles. The van der Waals surface area contributed by atoms with Gasteiger partial charge < -0.3 is 14.8 Å². The van der Waals surface area contributed by atoms with Gasteiger partial charge in [-0.15, -0.1) is 0 Å². The summed E-state index contributed by atoms with van der Waals surface area (Å²) in [5.74, 6) is -0.827. The molecule has 0 aliphatic rings. The Morgan fingerprint density at radius 3 is 2.44 bits per heavy atom. The monoisotopic (exact) mass is 373 g/mol. The molecule has 1 N–H and O–H groups in total. The second kappa shape index (κ2) is 9.27. The summed E-state index contributed by atoms with van der Waals surface area (Å²) in [5.41, 5.74) is 0.452. The van der Waals surface area contributed by atoms with E-state index in [1.54, 1.807) is 38.2 Å². The van der Waals surface area contributed by atoms with Crippen LogP contribution in [0.25, 0.3) is 0 Å². The molecule has 2 aromatic rings. The minimum atomic E-state index is -0.948. The summed E-state index contributed by atoms with van der Waals surface area (Å²) in [6, 6.07) is 9.34. The van der Waals surface area contributed by atoms with E-state index in [2.05, 4.69) is 10.3 Å². The van der Waals surface area contributed by atoms with Crippen LogP contribution in [0.15, 0.2) is 48.7 Å². The normalized spacial score (nSPS) is 11.5. The average molecular weight is 373 g/mol. The van der Waals surface area contributed by atoms with Crippen molar-refractivity contribution in [1.82, 2.24) is 10.3 Å². The Balaban J connectivity index is 1.93. The van der Waals surface area contributed by atoms with E-state index < -0.39 is 23.0 Å². The Hall–Kier alpha value is -3.49. The quantitative estimate of drug-likeness (QED) is 0.343. The fraction of sp³-hybridized carbons (Fsp3) is 0.278. The van der Waals surface area contributed by atoms with E-state index in [4.69, 9.17) is 9.47 Å². The maximum absolute atomic E-state index is 12.3. The van der Waals surface area contributed by atoms with Crippen molar-refractivity contribution in [2.24, 2.45) is 5.92 Å². The molecule has 1 amide bonds. The predicted octanol–water partition coefficient (Wildman–Crippen LogP) is 2.85. The lowest BCUT2D eigenvalue weighted by molar-refractivity contribution is -0.384. The maximum Gasteiger partial charge on any atom is 0.408 e. The molecule has 9 heteroatoms. The van der Waals surface area contributed by atoms with Crippen LogP contribution in [0.2, 0.25) is 0 Å². The Morgan fingerprint density at radius 1 is 1.19 bits per heavy atom. The molecule has 0 saturated carbocycles. The minimum Gasteiger partial charge on any atom is -0.443 e. The third-order valence-electron chi connectivity index (χ3n) is 3.54. The number of carbonyl (C=O) groups excluding carboxylic acids is 2. The topological polar surface area (TPSA) is 121 Å². The highest BCUT2D eigenvalue weighted by molar-refractivity contribution is 5.83. The number of hydrogen-bond acceptors (Lipinski definition) is 7. The van der Waals surface area contributed by atoms with Crippen molar-refractivity contribution in [3.63, 3.8) is 0 Å². The van der Waals surface area contributed by atoms with Gasteiger partial charge in [0, 0.05) is 18.3 Å². The van der Waals surface area contributed by atoms with Gasteiger partial charge >= 0.3 is 12.1 Å². The van der Waals surface area contributed by atoms with Gasteiger partial charge in [-0.3, -0.25) is 15.1 Å². The molecule has 1 aromatic carbocycles. The van der Waals surface area contributed by atoms with Gasteiger partial charge in [0.1, 0.15) is 18.4 Å². The van der Waals surface area contributed by atoms with Crippen molar-refractivity contribution in [3.8, 4) is 5.75 Å². The number of alkyl carbamates (subject to hydrolysis) is 1. The van der Waals surface area contributed by atoms with E-state index in [1.807, 2.05) is 0 Å². The van der Waals surface area contributed by atoms with E-state index in [1.165, 1.54) is 24.3 Å². The van der Waals surface area contributed by atoms with Crippen molar-refractivity contribution in [3.05, 3.63) is 64.5 Å². The van der Waals surface area contributed by atoms with Crippen LogP contribution < -0.4 is 10.1 Å². The second-order valence-corrected chi connectivity index (χ2v) is 5.94. The van der Waals surface area contributed by atoms with Crippen molar-refractivity contribution in [2.45, 2.75) is 26.5 Å². The van der Waals surface area contributed by atoms with Crippen molar-refractivity contribution in [1.29, 1.82) is 0 Å². The highest BCUT2D eigenvalue weighted by Gasteiger charge is 2.27. The van der Waals surface area contributed by atoms with Gasteiger partial charge in [-0.05, 0) is 30.2 Å². The maximum atomic E-state index is 12.3. The zero-order valence-electron chi connectivity index (χ0n) is 14.8. The average Bonchev–Trinajstić information content (AvgIpc) is 2.65. The molecule has 0 radical (unpaired) electrons. The third kappa shape index (κ3) is 6.07. The fourth-order valence-electron chi connectivity index (χ4n) is 2.10. The van der Waals surface area contributed by atoms with Crippen molar-refractivity contribution in [2.75, 3.05) is 0 Å². The fourth-order valence-corrected chi connectivity index (χ4v) is 2.10. The summed E-state index contributed by atoms with van der Waals surface area (Å²) in [4.78, 5) is 38.4. The van der Waals surface area contributed by atoms with Crippen LogP contribution in [0.1, 0.15) is 19.5 Å². The van der Waals surface area contributed by atoms with E-state index in [0.717, 1.165) is 0 Å². The second-order valence-electron chi connectivity index (χ2n) is 5.94. The third-order valence-corrected chi connectivity index (χ3v) is 3.54. The first kappa shape index (κ1) is 19.8. The summed E-state index contributed by atoms with van der Waals surface area (Å²) in [6.07, 6.45) is 0.801. The molecule has 27 heavy (non-hydrogen) atoms. The number of benzene rings is 1. The highest BCUT2D eigenvalue weighted by atomic mass is 16.6. The summed E-state index contributed by atoms with van der Waals surface area (Å²) >= 11 is 0. The molecular formula is C18H19N3O6. The van der Waals surface area contributed by atoms with Gasteiger partial charge in [-0.1, -0.05) is 19.9 Å². The first-order chi connectivity index (χ1) is 12.9. The van der Waals surface area contributed by atoms with E-state index in [-0.39, 0.29) is 24.0 Å². The molecule has 0 saturated heterocycles. The smallest absolute Gasteiger partial charge is 0.408 e. The largest absolute Gasteiger partial charge is 0.443 e. The van der Waals surface area contributed by atoms with Gasteiger partial charge in [0.25, 0.3) is 5.69 Å². The van der Waals surface area contributed by atoms with Crippen LogP contribution in [0.4, 0.5) is 10.5 Å². The number of carbonyl (C=O) groups is 2. The van der Waals surface area contributed by atoms with Crippen molar-refractivity contribution < 1.29 is 24.0 Å². The number of esters is 1. The van der Waals surface area contributed by atoms with Gasteiger partial charge in [0.15, 0.2) is 0 Å². The van der Waals surface area contributed by atoms with E-state index in [9.17, 15) is 19.7 Å². The number of ether oxygens (including phenoxy) is 2. The number of amides is 1. The van der Waals surface area contributed by atoms with Gasteiger partial charge in [0.05, 0.1) is 10.6 Å². The molecule has 0 spiro atoms. The molecule has 1 aromatic heterocycles. The highest BCUT2D eigenvalue weighted by Crippen LogP contribution is 2.18. The first-order valence-electron chi connectivity index (χ1n) is 8.16. The Kier molecular flexibility index (Phi) is 6.81. The lowest BCUT2D eigenvalue weighted by Gasteiger charge is -2.20. The number of pyridine rings is 1. The molecular weight excluding hydrogens is 354 g/mol. The molecule has 1 heterocycles. The number of nitrogens with zero attached hydrogens (tertiary/aromatic N) is 2. The van der Waals surface area contributed by atoms with Crippen LogP contribution in [0.5, 0.6) is 5.75 Å². The zero-order chi connectivity index (χ0) is 19.8. The summed E-state index contributed by atoms with van der Waals surface area (Å²) in [6.45, 7) is 3.44. The van der Waals surface area contributed by atoms with Crippen LogP contribution >= 0.6 is 0 Å². The first-order valence-corrected chi connectivity index (χ1v) is 8.16. The zero-order valence-corrected chi connectivity index (χ0v) is 14.8. The number of hydrogen-bond donors (Lipinski definition) is 1. The number of rotatable bonds is 7. The predicted molar refractivity (Wildman–Crippen MR) is 94.9 cm³/mol. The molecule has 0 unspecified atom stereocenters.